The summed E-state index contributed by atoms with van der Waals surface area (Å²) in [4.78, 5) is 23.7. The lowest BCUT2D eigenvalue weighted by molar-refractivity contribution is -0.155. The second-order valence-electron chi connectivity index (χ2n) is 4.76. The van der Waals surface area contributed by atoms with Crippen molar-refractivity contribution in [2.45, 2.75) is 26.7 Å². The van der Waals surface area contributed by atoms with Crippen LogP contribution in [0.1, 0.15) is 26.7 Å². The molecule has 1 rings (SSSR count). The van der Waals surface area contributed by atoms with Crippen LogP contribution in [-0.2, 0) is 9.53 Å². The molecule has 1 heterocycles. The van der Waals surface area contributed by atoms with Gasteiger partial charge in [-0.3, -0.25) is 4.79 Å². The van der Waals surface area contributed by atoms with Gasteiger partial charge in [0.15, 0.2) is 0 Å². The molecule has 1 N–H and O–H groups in total. The van der Waals surface area contributed by atoms with Crippen molar-refractivity contribution >= 4 is 12.1 Å². The van der Waals surface area contributed by atoms with E-state index in [9.17, 15) is 9.59 Å². The van der Waals surface area contributed by atoms with Gasteiger partial charge in [-0.25, -0.2) is 4.79 Å². The van der Waals surface area contributed by atoms with Gasteiger partial charge < -0.3 is 14.7 Å². The van der Waals surface area contributed by atoms with Crippen LogP contribution in [0.15, 0.2) is 0 Å². The lowest BCUT2D eigenvalue weighted by atomic mass is 9.74. The standard InChI is InChI=1S/C11H19NO4/c1-11(2,9(13)16-3)8-4-6-12(7-5-8)10(14)15/h8H,4-7H2,1-3H3,(H,14,15). The predicted octanol–water partition coefficient (Wildman–Crippen LogP) is 1.58. The van der Waals surface area contributed by atoms with Crippen molar-refractivity contribution in [2.24, 2.45) is 11.3 Å². The number of likely N-dealkylation sites (tertiary alicyclic amines) is 1. The molecular formula is C11H19NO4. The number of ether oxygens (including phenoxy) is 1. The summed E-state index contributed by atoms with van der Waals surface area (Å²) >= 11 is 0. The number of rotatable bonds is 2. The Morgan fingerprint density at radius 2 is 1.81 bits per heavy atom. The Morgan fingerprint density at radius 3 is 2.19 bits per heavy atom. The highest BCUT2D eigenvalue weighted by Gasteiger charge is 2.39. The van der Waals surface area contributed by atoms with Gasteiger partial charge in [-0.05, 0) is 32.6 Å². The molecule has 0 saturated carbocycles. The molecule has 1 aliphatic heterocycles. The third kappa shape index (κ3) is 2.46. The largest absolute Gasteiger partial charge is 0.469 e. The minimum atomic E-state index is -0.880. The van der Waals surface area contributed by atoms with Crippen molar-refractivity contribution in [2.75, 3.05) is 20.2 Å². The van der Waals surface area contributed by atoms with Crippen LogP contribution in [-0.4, -0.2) is 42.3 Å². The van der Waals surface area contributed by atoms with Crippen molar-refractivity contribution in [1.82, 2.24) is 4.90 Å². The van der Waals surface area contributed by atoms with Gasteiger partial charge in [0.2, 0.25) is 0 Å². The van der Waals surface area contributed by atoms with Gasteiger partial charge in [0.1, 0.15) is 0 Å². The molecule has 92 valence electrons. The quantitative estimate of drug-likeness (QED) is 0.730. The number of amides is 1. The van der Waals surface area contributed by atoms with Crippen LogP contribution in [0.5, 0.6) is 0 Å². The predicted molar refractivity (Wildman–Crippen MR) is 58.1 cm³/mol. The summed E-state index contributed by atoms with van der Waals surface area (Å²) in [7, 11) is 1.39. The van der Waals surface area contributed by atoms with E-state index in [1.54, 1.807) is 0 Å². The van der Waals surface area contributed by atoms with Gasteiger partial charge in [0.25, 0.3) is 0 Å². The molecule has 0 bridgehead atoms. The first-order valence-corrected chi connectivity index (χ1v) is 5.46. The van der Waals surface area contributed by atoms with E-state index < -0.39 is 11.5 Å². The summed E-state index contributed by atoms with van der Waals surface area (Å²) in [5.41, 5.74) is -0.528. The van der Waals surface area contributed by atoms with Gasteiger partial charge >= 0.3 is 12.1 Å². The Morgan fingerprint density at radius 1 is 1.31 bits per heavy atom. The molecule has 1 saturated heterocycles. The Bertz CT molecular complexity index is 280. The van der Waals surface area contributed by atoms with Crippen molar-refractivity contribution in [3.05, 3.63) is 0 Å². The highest BCUT2D eigenvalue weighted by Crippen LogP contribution is 2.35. The first-order valence-electron chi connectivity index (χ1n) is 5.46. The van der Waals surface area contributed by atoms with E-state index >= 15 is 0 Å². The molecule has 0 aliphatic carbocycles. The summed E-state index contributed by atoms with van der Waals surface area (Å²) in [5, 5.41) is 8.82. The molecule has 0 spiro atoms. The van der Waals surface area contributed by atoms with E-state index in [-0.39, 0.29) is 11.9 Å². The second-order valence-corrected chi connectivity index (χ2v) is 4.76. The highest BCUT2D eigenvalue weighted by molar-refractivity contribution is 5.76. The lowest BCUT2D eigenvalue weighted by Gasteiger charge is -2.37. The minimum Gasteiger partial charge on any atom is -0.469 e. The summed E-state index contributed by atoms with van der Waals surface area (Å²) in [6.07, 6.45) is 0.553. The Labute approximate surface area is 95.4 Å². The van der Waals surface area contributed by atoms with Crippen molar-refractivity contribution in [1.29, 1.82) is 0 Å². The molecule has 0 atom stereocenters. The van der Waals surface area contributed by atoms with E-state index in [1.807, 2.05) is 13.8 Å². The zero-order valence-corrected chi connectivity index (χ0v) is 10.0. The van der Waals surface area contributed by atoms with Gasteiger partial charge in [-0.15, -0.1) is 0 Å². The Balaban J connectivity index is 2.59. The van der Waals surface area contributed by atoms with E-state index in [0.29, 0.717) is 25.9 Å². The molecule has 0 aromatic heterocycles. The molecule has 0 aromatic carbocycles. The van der Waals surface area contributed by atoms with Gasteiger partial charge in [0.05, 0.1) is 12.5 Å². The monoisotopic (exact) mass is 229 g/mol. The maximum atomic E-state index is 11.6. The maximum absolute atomic E-state index is 11.6. The molecule has 1 fully saturated rings. The van der Waals surface area contributed by atoms with Crippen LogP contribution < -0.4 is 0 Å². The van der Waals surface area contributed by atoms with Gasteiger partial charge in [0, 0.05) is 13.1 Å². The number of piperidine rings is 1. The molecule has 0 unspecified atom stereocenters. The van der Waals surface area contributed by atoms with Crippen LogP contribution >= 0.6 is 0 Å². The van der Waals surface area contributed by atoms with Gasteiger partial charge in [-0.1, -0.05) is 0 Å². The van der Waals surface area contributed by atoms with E-state index in [4.69, 9.17) is 9.84 Å². The number of hydrogen-bond acceptors (Lipinski definition) is 3. The number of nitrogens with zero attached hydrogens (tertiary/aromatic N) is 1. The van der Waals surface area contributed by atoms with Crippen molar-refractivity contribution in [3.8, 4) is 0 Å². The molecule has 1 amide bonds. The van der Waals surface area contributed by atoms with Crippen LogP contribution in [0, 0.1) is 11.3 Å². The smallest absolute Gasteiger partial charge is 0.407 e. The first kappa shape index (κ1) is 12.8. The Hall–Kier alpha value is -1.26. The van der Waals surface area contributed by atoms with Crippen LogP contribution in [0.4, 0.5) is 4.79 Å². The Kier molecular flexibility index (Phi) is 3.78. The zero-order valence-electron chi connectivity index (χ0n) is 10.0. The zero-order chi connectivity index (χ0) is 12.3. The maximum Gasteiger partial charge on any atom is 0.407 e. The fourth-order valence-corrected chi connectivity index (χ4v) is 2.22. The molecule has 0 radical (unpaired) electrons. The number of carbonyl (C=O) groups excluding carboxylic acids is 1. The number of methoxy groups -OCH3 is 1. The number of hydrogen-bond donors (Lipinski definition) is 1. The number of carboxylic acid groups (broad SMARTS) is 1. The summed E-state index contributed by atoms with van der Waals surface area (Å²) in [6.45, 7) is 4.72. The van der Waals surface area contributed by atoms with Gasteiger partial charge in [-0.2, -0.15) is 0 Å². The molecule has 1 aliphatic rings. The molecule has 0 aromatic rings. The average molecular weight is 229 g/mol. The summed E-state index contributed by atoms with van der Waals surface area (Å²) in [6, 6.07) is 0. The highest BCUT2D eigenvalue weighted by atomic mass is 16.5. The topological polar surface area (TPSA) is 66.8 Å². The van der Waals surface area contributed by atoms with Crippen LogP contribution in [0.2, 0.25) is 0 Å². The van der Waals surface area contributed by atoms with E-state index in [1.165, 1.54) is 12.0 Å². The fourth-order valence-electron chi connectivity index (χ4n) is 2.22. The normalized spacial score (nSPS) is 18.3. The van der Waals surface area contributed by atoms with E-state index in [2.05, 4.69) is 0 Å². The lowest BCUT2D eigenvalue weighted by Crippen LogP contribution is -2.44. The van der Waals surface area contributed by atoms with Crippen LogP contribution in [0.25, 0.3) is 0 Å². The third-order valence-electron chi connectivity index (χ3n) is 3.50. The molecule has 16 heavy (non-hydrogen) atoms. The van der Waals surface area contributed by atoms with Crippen molar-refractivity contribution < 1.29 is 19.4 Å². The summed E-state index contributed by atoms with van der Waals surface area (Å²) < 4.78 is 4.77. The van der Waals surface area contributed by atoms with Crippen molar-refractivity contribution in [3.63, 3.8) is 0 Å². The van der Waals surface area contributed by atoms with E-state index in [0.717, 1.165) is 0 Å². The summed E-state index contributed by atoms with van der Waals surface area (Å²) in [5.74, 6) is -0.0307. The SMILES string of the molecule is COC(=O)C(C)(C)C1CCN(C(=O)O)CC1. The average Bonchev–Trinajstić information content (AvgIpc) is 2.28. The fraction of sp³-hybridized carbons (Fsp3) is 0.818. The molecular weight excluding hydrogens is 210 g/mol. The van der Waals surface area contributed by atoms with Crippen LogP contribution in [0.3, 0.4) is 0 Å². The molecule has 5 nitrogen and oxygen atoms in total. The minimum absolute atomic E-state index is 0.190. The third-order valence-corrected chi connectivity index (χ3v) is 3.50. The number of esters is 1. The second kappa shape index (κ2) is 4.72. The first-order chi connectivity index (χ1) is 7.39. The number of carbonyl (C=O) groups is 2. The molecule has 5 heteroatoms.